The topological polar surface area (TPSA) is 84.2 Å². The number of rotatable bonds is 6. The van der Waals surface area contributed by atoms with Crippen molar-refractivity contribution in [2.45, 2.75) is 33.6 Å². The van der Waals surface area contributed by atoms with Crippen molar-refractivity contribution in [3.05, 3.63) is 58.6 Å². The fraction of sp³-hybridized carbons (Fsp3) is 0.333. The van der Waals surface area contributed by atoms with Crippen molar-refractivity contribution in [2.24, 2.45) is 5.41 Å². The van der Waals surface area contributed by atoms with Crippen LogP contribution in [0, 0.1) is 5.41 Å². The highest BCUT2D eigenvalue weighted by atomic mass is 35.5. The number of nitrogens with two attached hydrogens (primary N) is 1. The molecule has 4 N–H and O–H groups in total. The summed E-state index contributed by atoms with van der Waals surface area (Å²) in [6.07, 6.45) is 1.07. The highest BCUT2D eigenvalue weighted by Gasteiger charge is 2.17. The van der Waals surface area contributed by atoms with E-state index in [4.69, 9.17) is 17.3 Å². The average molecular weight is 388 g/mol. The molecule has 0 aliphatic rings. The zero-order valence-electron chi connectivity index (χ0n) is 15.9. The van der Waals surface area contributed by atoms with Crippen molar-refractivity contribution >= 4 is 34.8 Å². The van der Waals surface area contributed by atoms with Gasteiger partial charge in [0.15, 0.2) is 0 Å². The summed E-state index contributed by atoms with van der Waals surface area (Å²) >= 11 is 6.16. The first-order valence-electron chi connectivity index (χ1n) is 8.86. The molecule has 0 heterocycles. The molecule has 0 fully saturated rings. The van der Waals surface area contributed by atoms with E-state index in [1.807, 2.05) is 45.0 Å². The third-order valence-electron chi connectivity index (χ3n) is 3.86. The maximum absolute atomic E-state index is 12.4. The van der Waals surface area contributed by atoms with Crippen molar-refractivity contribution in [3.63, 3.8) is 0 Å². The van der Waals surface area contributed by atoms with E-state index in [0.717, 1.165) is 5.56 Å². The highest BCUT2D eigenvalue weighted by Crippen LogP contribution is 2.23. The lowest BCUT2D eigenvalue weighted by Crippen LogP contribution is -2.26. The quantitative estimate of drug-likeness (QED) is 0.647. The van der Waals surface area contributed by atoms with Gasteiger partial charge < -0.3 is 16.4 Å². The molecule has 0 bridgehead atoms. The molecule has 0 saturated carbocycles. The normalized spacial score (nSPS) is 11.1. The molecule has 0 saturated heterocycles. The molecular weight excluding hydrogens is 362 g/mol. The van der Waals surface area contributed by atoms with Crippen LogP contribution >= 0.6 is 11.6 Å². The Bertz CT molecular complexity index is 811. The summed E-state index contributed by atoms with van der Waals surface area (Å²) in [5.41, 5.74) is 8.23. The Morgan fingerprint density at radius 3 is 2.37 bits per heavy atom. The fourth-order valence-corrected chi connectivity index (χ4v) is 2.77. The van der Waals surface area contributed by atoms with E-state index in [1.54, 1.807) is 18.2 Å². The second kappa shape index (κ2) is 8.91. The van der Waals surface area contributed by atoms with Gasteiger partial charge in [0.25, 0.3) is 5.91 Å². The summed E-state index contributed by atoms with van der Waals surface area (Å²) in [4.78, 5) is 24.5. The average Bonchev–Trinajstić information content (AvgIpc) is 2.56. The summed E-state index contributed by atoms with van der Waals surface area (Å²) < 4.78 is 0. The van der Waals surface area contributed by atoms with E-state index in [1.165, 1.54) is 0 Å². The maximum Gasteiger partial charge on any atom is 0.252 e. The summed E-state index contributed by atoms with van der Waals surface area (Å²) in [6, 6.07) is 12.4. The van der Waals surface area contributed by atoms with E-state index >= 15 is 0 Å². The number of nitrogens with one attached hydrogen (secondary N) is 2. The maximum atomic E-state index is 12.4. The smallest absolute Gasteiger partial charge is 0.252 e. The van der Waals surface area contributed by atoms with Crippen molar-refractivity contribution in [2.75, 3.05) is 17.6 Å². The zero-order valence-corrected chi connectivity index (χ0v) is 16.7. The lowest BCUT2D eigenvalue weighted by Gasteiger charge is -2.17. The number of amides is 2. The molecule has 2 aromatic rings. The first-order valence-corrected chi connectivity index (χ1v) is 9.24. The number of anilines is 2. The molecule has 2 rings (SSSR count). The van der Waals surface area contributed by atoms with Gasteiger partial charge in [-0.2, -0.15) is 0 Å². The third kappa shape index (κ3) is 6.94. The second-order valence-corrected chi connectivity index (χ2v) is 8.13. The molecule has 0 unspecified atom stereocenters. The molecule has 5 nitrogen and oxygen atoms in total. The van der Waals surface area contributed by atoms with Crippen LogP contribution in [0.15, 0.2) is 42.5 Å². The minimum atomic E-state index is -0.276. The first kappa shape index (κ1) is 20.8. The molecule has 27 heavy (non-hydrogen) atoms. The van der Waals surface area contributed by atoms with Crippen LogP contribution in [0.2, 0.25) is 5.02 Å². The molecule has 0 atom stereocenters. The minimum absolute atomic E-state index is 0.0977. The zero-order chi connectivity index (χ0) is 20.0. The van der Waals surface area contributed by atoms with Crippen LogP contribution in [0.25, 0.3) is 0 Å². The Morgan fingerprint density at radius 1 is 1.07 bits per heavy atom. The highest BCUT2D eigenvalue weighted by molar-refractivity contribution is 6.34. The molecule has 144 valence electrons. The van der Waals surface area contributed by atoms with Crippen LogP contribution in [-0.2, 0) is 11.2 Å². The number of nitrogen functional groups attached to an aromatic ring is 1. The Labute approximate surface area is 165 Å². The molecule has 0 spiro atoms. The monoisotopic (exact) mass is 387 g/mol. The van der Waals surface area contributed by atoms with Gasteiger partial charge in [0.1, 0.15) is 0 Å². The van der Waals surface area contributed by atoms with Crippen molar-refractivity contribution in [1.82, 2.24) is 5.32 Å². The van der Waals surface area contributed by atoms with E-state index in [0.29, 0.717) is 41.3 Å². The summed E-state index contributed by atoms with van der Waals surface area (Å²) in [7, 11) is 0. The van der Waals surface area contributed by atoms with Crippen LogP contribution in [0.5, 0.6) is 0 Å². The lowest BCUT2D eigenvalue weighted by atomic mass is 9.92. The number of carbonyl (C=O) groups is 2. The Hall–Kier alpha value is -2.53. The molecular formula is C21H26ClN3O2. The van der Waals surface area contributed by atoms with Crippen LogP contribution in [0.4, 0.5) is 11.4 Å². The molecule has 0 aromatic heterocycles. The first-order chi connectivity index (χ1) is 12.6. The lowest BCUT2D eigenvalue weighted by molar-refractivity contribution is -0.117. The van der Waals surface area contributed by atoms with E-state index in [2.05, 4.69) is 10.6 Å². The molecule has 0 radical (unpaired) electrons. The Kier molecular flexibility index (Phi) is 6.86. The Morgan fingerprint density at radius 2 is 1.74 bits per heavy atom. The molecule has 2 aromatic carbocycles. The molecule has 0 aliphatic heterocycles. The van der Waals surface area contributed by atoms with Crippen molar-refractivity contribution < 1.29 is 9.59 Å². The van der Waals surface area contributed by atoms with Crippen LogP contribution < -0.4 is 16.4 Å². The number of carbonyl (C=O) groups excluding carboxylic acids is 2. The van der Waals surface area contributed by atoms with Gasteiger partial charge in [-0.15, -0.1) is 0 Å². The van der Waals surface area contributed by atoms with Crippen LogP contribution in [-0.4, -0.2) is 18.4 Å². The largest absolute Gasteiger partial charge is 0.399 e. The van der Waals surface area contributed by atoms with Gasteiger partial charge in [-0.05, 0) is 47.7 Å². The molecule has 0 aliphatic carbocycles. The van der Waals surface area contributed by atoms with Crippen LogP contribution in [0.3, 0.4) is 0 Å². The van der Waals surface area contributed by atoms with E-state index in [9.17, 15) is 9.59 Å². The third-order valence-corrected chi connectivity index (χ3v) is 4.19. The van der Waals surface area contributed by atoms with Gasteiger partial charge in [-0.25, -0.2) is 0 Å². The van der Waals surface area contributed by atoms with E-state index < -0.39 is 0 Å². The SMILES string of the molecule is CC(C)(C)CC(=O)Nc1ccc(Cl)c(C(=O)NCCc2ccc(N)cc2)c1. The predicted molar refractivity (Wildman–Crippen MR) is 111 cm³/mol. The predicted octanol–water partition coefficient (Wildman–Crippen LogP) is 4.27. The number of hydrogen-bond donors (Lipinski definition) is 3. The summed E-state index contributed by atoms with van der Waals surface area (Å²) in [5.74, 6) is -0.373. The minimum Gasteiger partial charge on any atom is -0.399 e. The number of benzene rings is 2. The van der Waals surface area contributed by atoms with Gasteiger partial charge in [0, 0.05) is 24.3 Å². The van der Waals surface area contributed by atoms with Gasteiger partial charge in [0.2, 0.25) is 5.91 Å². The summed E-state index contributed by atoms with van der Waals surface area (Å²) in [6.45, 7) is 6.46. The van der Waals surface area contributed by atoms with Gasteiger partial charge in [0.05, 0.1) is 10.6 Å². The van der Waals surface area contributed by atoms with Gasteiger partial charge >= 0.3 is 0 Å². The standard InChI is InChI=1S/C21H26ClN3O2/c1-21(2,3)13-19(26)25-16-8-9-18(22)17(12-16)20(27)24-11-10-14-4-6-15(23)7-5-14/h4-9,12H,10-11,13,23H2,1-3H3,(H,24,27)(H,25,26). The fourth-order valence-electron chi connectivity index (χ4n) is 2.56. The van der Waals surface area contributed by atoms with Gasteiger partial charge in [-0.1, -0.05) is 44.5 Å². The van der Waals surface area contributed by atoms with Crippen LogP contribution in [0.1, 0.15) is 43.1 Å². The van der Waals surface area contributed by atoms with E-state index in [-0.39, 0.29) is 17.2 Å². The van der Waals surface area contributed by atoms with Crippen molar-refractivity contribution in [3.8, 4) is 0 Å². The molecule has 2 amide bonds. The Balaban J connectivity index is 1.96. The summed E-state index contributed by atoms with van der Waals surface area (Å²) in [5, 5.41) is 6.01. The molecule has 6 heteroatoms. The van der Waals surface area contributed by atoms with Gasteiger partial charge in [-0.3, -0.25) is 9.59 Å². The number of hydrogen-bond acceptors (Lipinski definition) is 3. The second-order valence-electron chi connectivity index (χ2n) is 7.73. The number of halogens is 1. The van der Waals surface area contributed by atoms with Crippen molar-refractivity contribution in [1.29, 1.82) is 0 Å².